The van der Waals surface area contributed by atoms with Crippen LogP contribution in [0.2, 0.25) is 0 Å². The van der Waals surface area contributed by atoms with Crippen LogP contribution in [0.1, 0.15) is 0 Å². The Labute approximate surface area is 161 Å². The van der Waals surface area contributed by atoms with Crippen LogP contribution in [0.15, 0.2) is 10.8 Å². The van der Waals surface area contributed by atoms with Crippen molar-refractivity contribution in [3.8, 4) is 11.4 Å². The van der Waals surface area contributed by atoms with E-state index in [2.05, 4.69) is 9.97 Å². The average Bonchev–Trinajstić information content (AvgIpc) is 2.71. The Hall–Kier alpha value is -0.966. The largest absolute Gasteiger partial charge is 4.00 e. The number of hydrogen-bond donors (Lipinski definition) is 2. The van der Waals surface area contributed by atoms with Crippen molar-refractivity contribution in [3.63, 3.8) is 0 Å². The molecule has 0 amide bonds. The molecule has 1 radical (unpaired) electrons. The van der Waals surface area contributed by atoms with Crippen molar-refractivity contribution in [2.24, 2.45) is 0 Å². The van der Waals surface area contributed by atoms with Gasteiger partial charge in [-0.25, -0.2) is 9.97 Å². The monoisotopic (exact) mass is 471 g/mol. The second kappa shape index (κ2) is 21.1. The Morgan fingerprint density at radius 1 is 0.840 bits per heavy atom. The van der Waals surface area contributed by atoms with Crippen molar-refractivity contribution >= 4 is 43.3 Å². The first-order valence-electron chi connectivity index (χ1n) is 3.85. The summed E-state index contributed by atoms with van der Waals surface area (Å²) in [5.74, 6) is 0. The van der Waals surface area contributed by atoms with Gasteiger partial charge in [-0.1, -0.05) is 0 Å². The molecule has 0 aliphatic rings. The second-order valence-electron chi connectivity index (χ2n) is 2.55. The zero-order chi connectivity index (χ0) is 13.1. The fraction of sp³-hybridized carbons (Fsp3) is 0. The van der Waals surface area contributed by atoms with Crippen LogP contribution >= 0.6 is 22.7 Å². The summed E-state index contributed by atoms with van der Waals surface area (Å²) in [6.45, 7) is 0. The molecule has 0 saturated heterocycles. The molecule has 0 aromatic carbocycles. The molecular weight excluding hydrogens is 451 g/mol. The number of nitrogens with two attached hydrogens (primary N) is 2. The minimum atomic E-state index is -5.17. The molecule has 0 atom stereocenters. The van der Waals surface area contributed by atoms with Gasteiger partial charge in [-0.2, -0.15) is 0 Å². The third-order valence-corrected chi connectivity index (χ3v) is 2.65. The first kappa shape index (κ1) is 49.6. The van der Waals surface area contributed by atoms with Crippen LogP contribution in [0.4, 0.5) is 10.3 Å². The van der Waals surface area contributed by atoms with E-state index in [1.54, 1.807) is 0 Å². The summed E-state index contributed by atoms with van der Waals surface area (Å²) >= 11 is 2.80. The van der Waals surface area contributed by atoms with Gasteiger partial charge in [0.2, 0.25) is 0 Å². The molecule has 2 aromatic rings. The molecule has 2 rings (SSSR count). The minimum absolute atomic E-state index is 0. The van der Waals surface area contributed by atoms with Crippen LogP contribution in [0.5, 0.6) is 0 Å². The molecule has 0 aliphatic heterocycles. The van der Waals surface area contributed by atoms with E-state index >= 15 is 0 Å². The maximum absolute atomic E-state index is 8.52. The average molecular weight is 471 g/mol. The number of nitrogens with zero attached hydrogens (tertiary/aromatic N) is 2. The van der Waals surface area contributed by atoms with Gasteiger partial charge < -0.3 is 58.9 Å². The van der Waals surface area contributed by atoms with Gasteiger partial charge in [-0.3, -0.25) is 8.42 Å². The predicted molar refractivity (Wildman–Crippen MR) is 87.4 cm³/mol. The predicted octanol–water partition coefficient (Wildman–Crippen LogP) is -5.17. The third-order valence-electron chi connectivity index (χ3n) is 1.31. The Morgan fingerprint density at radius 2 is 1.04 bits per heavy atom. The molecule has 0 aliphatic carbocycles. The number of thiazole rings is 2. The van der Waals surface area contributed by atoms with Crippen molar-refractivity contribution in [3.05, 3.63) is 10.8 Å². The molecule has 151 valence electrons. The van der Waals surface area contributed by atoms with Crippen LogP contribution in [0.25, 0.3) is 11.4 Å². The van der Waals surface area contributed by atoms with E-state index in [1.807, 2.05) is 10.8 Å². The molecule has 0 bridgehead atoms. The van der Waals surface area contributed by atoms with Gasteiger partial charge in [0.15, 0.2) is 10.3 Å². The number of aromatic nitrogens is 2. The maximum Gasteiger partial charge on any atom is 4.00 e. The summed E-state index contributed by atoms with van der Waals surface area (Å²) in [5, 5.41) is 4.83. The summed E-state index contributed by atoms with van der Waals surface area (Å²) in [4.78, 5) is 8.16. The van der Waals surface area contributed by atoms with Crippen LogP contribution < -0.4 is 11.5 Å². The minimum Gasteiger partial charge on any atom is -2.00 e. The molecule has 0 fully saturated rings. The number of nitrogen functional groups attached to an aromatic ring is 2. The van der Waals surface area contributed by atoms with Gasteiger partial charge in [-0.05, 0) is 0 Å². The Kier molecular flexibility index (Phi) is 41.8. The SMILES string of the molecule is Nc1nc(-c2csc(N)n2)cs1.O.O.O.O.O=S(=O)([O-])[O-].[O-2].[OH3+].[OH3+].[V+4]. The summed E-state index contributed by atoms with van der Waals surface area (Å²) in [7, 11) is -5.17. The zero-order valence-electron chi connectivity index (χ0n) is 12.1. The molecule has 0 spiro atoms. The van der Waals surface area contributed by atoms with Crippen molar-refractivity contribution in [1.82, 2.24) is 9.97 Å². The molecular formula is C6H20N4O11S3V+2. The van der Waals surface area contributed by atoms with Gasteiger partial charge in [0.25, 0.3) is 0 Å². The topological polar surface area (TPSA) is 379 Å². The molecule has 0 saturated carbocycles. The van der Waals surface area contributed by atoms with E-state index in [4.69, 9.17) is 29.0 Å². The van der Waals surface area contributed by atoms with E-state index < -0.39 is 10.4 Å². The van der Waals surface area contributed by atoms with Crippen LogP contribution in [-0.4, -0.2) is 49.4 Å². The first-order valence-corrected chi connectivity index (χ1v) is 6.94. The van der Waals surface area contributed by atoms with Gasteiger partial charge >= 0.3 is 18.6 Å². The molecule has 19 heteroatoms. The zero-order valence-corrected chi connectivity index (χ0v) is 15.9. The fourth-order valence-corrected chi connectivity index (χ4v) is 1.92. The standard InChI is InChI=1S/C6H6N4S2.H2O4S.6H2O.O.V/c7-5-9-3(1-11-5)4-2-12-6(8)10-4;1-5(2,3)4;;;;;;;;/h1-2H,(H2,7,9)(H2,8,10);(H2,1,2,3,4);6*1H2;;/q;;;;;;;;-2;+4. The first-order chi connectivity index (χ1) is 7.75. The summed E-state index contributed by atoms with van der Waals surface area (Å²) in [5.41, 5.74) is 12.5. The van der Waals surface area contributed by atoms with Crippen molar-refractivity contribution in [1.29, 1.82) is 0 Å². The Balaban J connectivity index is -0.0000000340. The van der Waals surface area contributed by atoms with Crippen molar-refractivity contribution < 1.29 is 74.4 Å². The van der Waals surface area contributed by atoms with Gasteiger partial charge in [-0.15, -0.1) is 22.7 Å². The van der Waals surface area contributed by atoms with E-state index in [9.17, 15) is 0 Å². The number of hydrogen-bond acceptors (Lipinski definition) is 10. The van der Waals surface area contributed by atoms with Gasteiger partial charge in [0.05, 0.1) is 0 Å². The van der Waals surface area contributed by atoms with Crippen LogP contribution in [-0.2, 0) is 45.4 Å². The van der Waals surface area contributed by atoms with Crippen LogP contribution in [0, 0.1) is 0 Å². The van der Waals surface area contributed by atoms with Gasteiger partial charge in [0, 0.05) is 21.2 Å². The summed E-state index contributed by atoms with van der Waals surface area (Å²) in [6, 6.07) is 0. The summed E-state index contributed by atoms with van der Waals surface area (Å²) in [6.07, 6.45) is 0. The van der Waals surface area contributed by atoms with Crippen molar-refractivity contribution in [2.75, 3.05) is 11.5 Å². The molecule has 25 heavy (non-hydrogen) atoms. The quantitative estimate of drug-likeness (QED) is 0.229. The van der Waals surface area contributed by atoms with Crippen molar-refractivity contribution in [2.45, 2.75) is 0 Å². The van der Waals surface area contributed by atoms with E-state index in [0.29, 0.717) is 10.3 Å². The second-order valence-corrected chi connectivity index (χ2v) is 5.15. The molecule has 15 nitrogen and oxygen atoms in total. The molecule has 2 aromatic heterocycles. The normalized spacial score (nSPS) is 7.28. The summed E-state index contributed by atoms with van der Waals surface area (Å²) < 4.78 is 34.1. The maximum atomic E-state index is 8.52. The fourth-order valence-electron chi connectivity index (χ4n) is 0.811. The van der Waals surface area contributed by atoms with Gasteiger partial charge in [0.1, 0.15) is 11.4 Å². The Bertz CT molecular complexity index is 560. The van der Waals surface area contributed by atoms with E-state index in [-0.39, 0.29) is 56.9 Å². The smallest absolute Gasteiger partial charge is 2.00 e. The molecule has 18 N–H and O–H groups in total. The van der Waals surface area contributed by atoms with E-state index in [1.165, 1.54) is 22.7 Å². The number of anilines is 2. The molecule has 0 unspecified atom stereocenters. The Morgan fingerprint density at radius 3 is 1.16 bits per heavy atom. The molecule has 2 heterocycles. The number of rotatable bonds is 1. The van der Waals surface area contributed by atoms with E-state index in [0.717, 1.165) is 11.4 Å². The van der Waals surface area contributed by atoms with Crippen LogP contribution in [0.3, 0.4) is 0 Å². The third kappa shape index (κ3) is 23.0.